The number of imidazole rings is 1. The molecule has 24 heavy (non-hydrogen) atoms. The summed E-state index contributed by atoms with van der Waals surface area (Å²) in [7, 11) is 1.99. The van der Waals surface area contributed by atoms with Crippen molar-refractivity contribution < 1.29 is 4.79 Å². The molecule has 0 spiro atoms. The van der Waals surface area contributed by atoms with Gasteiger partial charge in [-0.05, 0) is 31.5 Å². The molecule has 0 N–H and O–H groups in total. The first kappa shape index (κ1) is 14.9. The number of fused-ring (bicyclic) bond motifs is 1. The van der Waals surface area contributed by atoms with Crippen LogP contribution < -0.4 is 0 Å². The number of aryl methyl sites for hydroxylation is 2. The highest BCUT2D eigenvalue weighted by atomic mass is 16.2. The lowest BCUT2D eigenvalue weighted by atomic mass is 10.1. The number of amides is 1. The molecule has 4 heterocycles. The SMILES string of the molecule is CCn1ccc(C(=O)N2CC[C@@H](c3nc4cccnc4n3C)C2)n1. The van der Waals surface area contributed by atoms with Crippen molar-refractivity contribution in [3.63, 3.8) is 0 Å². The number of carbonyl (C=O) groups is 1. The number of aromatic nitrogens is 5. The molecule has 0 radical (unpaired) electrons. The molecule has 0 bridgehead atoms. The van der Waals surface area contributed by atoms with Gasteiger partial charge in [0.25, 0.3) is 5.91 Å². The molecule has 0 aromatic carbocycles. The van der Waals surface area contributed by atoms with Crippen molar-refractivity contribution in [2.24, 2.45) is 7.05 Å². The molecule has 7 heteroatoms. The van der Waals surface area contributed by atoms with Crippen molar-refractivity contribution in [3.8, 4) is 0 Å². The lowest BCUT2D eigenvalue weighted by molar-refractivity contribution is 0.0783. The average molecular weight is 324 g/mol. The van der Waals surface area contributed by atoms with Crippen molar-refractivity contribution in [1.29, 1.82) is 0 Å². The highest BCUT2D eigenvalue weighted by Crippen LogP contribution is 2.28. The van der Waals surface area contributed by atoms with Gasteiger partial charge in [-0.25, -0.2) is 9.97 Å². The number of likely N-dealkylation sites (tertiary alicyclic amines) is 1. The van der Waals surface area contributed by atoms with Crippen molar-refractivity contribution in [2.75, 3.05) is 13.1 Å². The molecule has 7 nitrogen and oxygen atoms in total. The van der Waals surface area contributed by atoms with E-state index in [9.17, 15) is 4.79 Å². The number of rotatable bonds is 3. The Morgan fingerprint density at radius 1 is 1.38 bits per heavy atom. The standard InChI is InChI=1S/C17H20N6O/c1-3-23-10-7-14(20-23)17(24)22-9-6-12(11-22)15-19-13-5-4-8-18-16(13)21(15)2/h4-5,7-8,10,12H,3,6,9,11H2,1-2H3/t12-/m1/s1. The van der Waals surface area contributed by atoms with Gasteiger partial charge in [-0.15, -0.1) is 0 Å². The predicted octanol–water partition coefficient (Wildman–Crippen LogP) is 1.81. The first-order valence-corrected chi connectivity index (χ1v) is 8.27. The molecule has 3 aromatic heterocycles. The van der Waals surface area contributed by atoms with Crippen LogP contribution in [0.1, 0.15) is 35.6 Å². The lowest BCUT2D eigenvalue weighted by Crippen LogP contribution is -2.29. The van der Waals surface area contributed by atoms with Gasteiger partial charge < -0.3 is 9.47 Å². The second-order valence-electron chi connectivity index (χ2n) is 6.17. The summed E-state index contributed by atoms with van der Waals surface area (Å²) < 4.78 is 3.82. The maximum absolute atomic E-state index is 12.6. The van der Waals surface area contributed by atoms with Crippen molar-refractivity contribution in [2.45, 2.75) is 25.8 Å². The van der Waals surface area contributed by atoms with E-state index in [1.54, 1.807) is 16.9 Å². The van der Waals surface area contributed by atoms with Crippen LogP contribution in [0.25, 0.3) is 11.2 Å². The zero-order valence-corrected chi connectivity index (χ0v) is 13.9. The third-order valence-electron chi connectivity index (χ3n) is 4.69. The minimum atomic E-state index is 0.00147. The van der Waals surface area contributed by atoms with Crippen LogP contribution in [0.3, 0.4) is 0 Å². The van der Waals surface area contributed by atoms with E-state index in [2.05, 4.69) is 10.1 Å². The molecule has 124 valence electrons. The number of nitrogens with zero attached hydrogens (tertiary/aromatic N) is 6. The van der Waals surface area contributed by atoms with Gasteiger partial charge in [0.1, 0.15) is 17.0 Å². The van der Waals surface area contributed by atoms with Gasteiger partial charge in [-0.3, -0.25) is 9.48 Å². The molecular weight excluding hydrogens is 304 g/mol. The molecule has 1 fully saturated rings. The van der Waals surface area contributed by atoms with Crippen LogP contribution in [0.5, 0.6) is 0 Å². The Morgan fingerprint density at radius 3 is 3.00 bits per heavy atom. The number of carbonyl (C=O) groups excluding carboxylic acids is 1. The first-order chi connectivity index (χ1) is 11.7. The molecule has 0 aliphatic carbocycles. The topological polar surface area (TPSA) is 68.8 Å². The van der Waals surface area contributed by atoms with Gasteiger partial charge in [0.2, 0.25) is 0 Å². The number of pyridine rings is 1. The van der Waals surface area contributed by atoms with Crippen LogP contribution in [0.15, 0.2) is 30.6 Å². The number of hydrogen-bond acceptors (Lipinski definition) is 4. The summed E-state index contributed by atoms with van der Waals surface area (Å²) in [5.41, 5.74) is 2.31. The van der Waals surface area contributed by atoms with Crippen molar-refractivity contribution >= 4 is 17.1 Å². The second kappa shape index (κ2) is 5.74. The van der Waals surface area contributed by atoms with Gasteiger partial charge in [0, 0.05) is 45.0 Å². The van der Waals surface area contributed by atoms with E-state index in [-0.39, 0.29) is 11.8 Å². The maximum Gasteiger partial charge on any atom is 0.274 e. The second-order valence-corrected chi connectivity index (χ2v) is 6.17. The normalized spacial score (nSPS) is 17.8. The van der Waals surface area contributed by atoms with Gasteiger partial charge in [0.05, 0.1) is 0 Å². The van der Waals surface area contributed by atoms with Gasteiger partial charge in [-0.1, -0.05) is 0 Å². The van der Waals surface area contributed by atoms with E-state index in [1.165, 1.54) is 0 Å². The smallest absolute Gasteiger partial charge is 0.274 e. The summed E-state index contributed by atoms with van der Waals surface area (Å²) in [6, 6.07) is 5.66. The summed E-state index contributed by atoms with van der Waals surface area (Å²) in [4.78, 5) is 23.6. The Labute approximate surface area is 139 Å². The zero-order chi connectivity index (χ0) is 16.7. The van der Waals surface area contributed by atoms with Crippen LogP contribution in [-0.2, 0) is 13.6 Å². The van der Waals surface area contributed by atoms with Gasteiger partial charge in [-0.2, -0.15) is 5.10 Å². The monoisotopic (exact) mass is 324 g/mol. The zero-order valence-electron chi connectivity index (χ0n) is 13.9. The van der Waals surface area contributed by atoms with E-state index in [0.717, 1.165) is 36.5 Å². The van der Waals surface area contributed by atoms with E-state index >= 15 is 0 Å². The Hall–Kier alpha value is -2.70. The van der Waals surface area contributed by atoms with Crippen molar-refractivity contribution in [1.82, 2.24) is 29.2 Å². The summed E-state index contributed by atoms with van der Waals surface area (Å²) in [6.07, 6.45) is 4.54. The molecule has 1 aliphatic rings. The Bertz CT molecular complexity index is 896. The van der Waals surface area contributed by atoms with E-state index in [0.29, 0.717) is 12.2 Å². The number of hydrogen-bond donors (Lipinski definition) is 0. The molecule has 1 aliphatic heterocycles. The average Bonchev–Trinajstić information content (AvgIpc) is 3.33. The first-order valence-electron chi connectivity index (χ1n) is 8.27. The molecule has 1 atom stereocenters. The van der Waals surface area contributed by atoms with Crippen LogP contribution in [0.4, 0.5) is 0 Å². The van der Waals surface area contributed by atoms with Gasteiger partial charge >= 0.3 is 0 Å². The van der Waals surface area contributed by atoms with Crippen molar-refractivity contribution in [3.05, 3.63) is 42.1 Å². The molecule has 1 amide bonds. The predicted molar refractivity (Wildman–Crippen MR) is 89.7 cm³/mol. The highest BCUT2D eigenvalue weighted by molar-refractivity contribution is 5.92. The quantitative estimate of drug-likeness (QED) is 0.737. The summed E-state index contributed by atoms with van der Waals surface area (Å²) in [5.74, 6) is 1.24. The third kappa shape index (κ3) is 2.36. The maximum atomic E-state index is 12.6. The van der Waals surface area contributed by atoms with Crippen LogP contribution >= 0.6 is 0 Å². The summed E-state index contributed by atoms with van der Waals surface area (Å²) in [6.45, 7) is 4.18. The molecule has 4 rings (SSSR count). The fraction of sp³-hybridized carbons (Fsp3) is 0.412. The molecular formula is C17H20N6O. The molecule has 0 unspecified atom stereocenters. The van der Waals surface area contributed by atoms with Crippen LogP contribution in [-0.4, -0.2) is 48.2 Å². The van der Waals surface area contributed by atoms with Crippen LogP contribution in [0, 0.1) is 0 Å². The Morgan fingerprint density at radius 2 is 2.25 bits per heavy atom. The molecule has 0 saturated carbocycles. The summed E-state index contributed by atoms with van der Waals surface area (Å²) in [5, 5.41) is 4.32. The fourth-order valence-electron chi connectivity index (χ4n) is 3.38. The van der Waals surface area contributed by atoms with E-state index in [1.807, 2.05) is 41.8 Å². The molecule has 3 aromatic rings. The van der Waals surface area contributed by atoms with Gasteiger partial charge in [0.15, 0.2) is 5.65 Å². The molecule has 1 saturated heterocycles. The Kier molecular flexibility index (Phi) is 3.55. The largest absolute Gasteiger partial charge is 0.336 e. The minimum Gasteiger partial charge on any atom is -0.336 e. The lowest BCUT2D eigenvalue weighted by Gasteiger charge is -2.15. The minimum absolute atomic E-state index is 0.00147. The fourth-order valence-corrected chi connectivity index (χ4v) is 3.38. The highest BCUT2D eigenvalue weighted by Gasteiger charge is 2.31. The van der Waals surface area contributed by atoms with E-state index < -0.39 is 0 Å². The third-order valence-corrected chi connectivity index (χ3v) is 4.69. The van der Waals surface area contributed by atoms with E-state index in [4.69, 9.17) is 4.98 Å². The summed E-state index contributed by atoms with van der Waals surface area (Å²) >= 11 is 0. The van der Waals surface area contributed by atoms with Crippen LogP contribution in [0.2, 0.25) is 0 Å². The Balaban J connectivity index is 1.55.